The van der Waals surface area contributed by atoms with Crippen molar-refractivity contribution in [1.82, 2.24) is 10.6 Å². The second kappa shape index (κ2) is 6.24. The summed E-state index contributed by atoms with van der Waals surface area (Å²) in [5.41, 5.74) is 0. The third kappa shape index (κ3) is 4.43. The number of hydrogen-bond donors (Lipinski definition) is 2. The molecule has 0 heterocycles. The Bertz CT molecular complexity index is 325. The molecule has 17 heavy (non-hydrogen) atoms. The molecule has 2 atom stereocenters. The van der Waals surface area contributed by atoms with Gasteiger partial charge in [0.15, 0.2) is 0 Å². The summed E-state index contributed by atoms with van der Waals surface area (Å²) < 4.78 is 0. The molecule has 0 bridgehead atoms. The average Bonchev–Trinajstić information content (AvgIpc) is 2.24. The number of nitrogens with zero attached hydrogens (tertiary/aromatic N) is 1. The molecular formula is C12H19N3O2. The zero-order valence-electron chi connectivity index (χ0n) is 10.3. The molecule has 1 fully saturated rings. The fourth-order valence-corrected chi connectivity index (χ4v) is 2.52. The van der Waals surface area contributed by atoms with Crippen LogP contribution in [0.3, 0.4) is 0 Å². The molecule has 94 valence electrons. The summed E-state index contributed by atoms with van der Waals surface area (Å²) in [6, 6.07) is 1.84. The number of carbonyl (C=O) groups excluding carboxylic acids is 2. The highest BCUT2D eigenvalue weighted by Crippen LogP contribution is 2.28. The van der Waals surface area contributed by atoms with E-state index in [2.05, 4.69) is 24.5 Å². The molecule has 0 aliphatic heterocycles. The van der Waals surface area contributed by atoms with Crippen molar-refractivity contribution in [3.63, 3.8) is 0 Å². The standard InChI is InChI=1S/C12H19N3O2/c1-8-5-9(2)7-10(6-8)15-12(17)11(16)14-4-3-13/h8-10H,4-7H2,1-2H3,(H,14,16)(H,15,17). The Hall–Kier alpha value is -1.57. The summed E-state index contributed by atoms with van der Waals surface area (Å²) in [7, 11) is 0. The molecule has 0 aromatic rings. The van der Waals surface area contributed by atoms with Gasteiger partial charge in [-0.05, 0) is 31.1 Å². The number of amides is 2. The maximum absolute atomic E-state index is 11.5. The van der Waals surface area contributed by atoms with Gasteiger partial charge in [0.05, 0.1) is 6.07 Å². The number of hydrogen-bond acceptors (Lipinski definition) is 3. The van der Waals surface area contributed by atoms with Gasteiger partial charge in [-0.15, -0.1) is 0 Å². The van der Waals surface area contributed by atoms with Gasteiger partial charge >= 0.3 is 11.8 Å². The zero-order valence-corrected chi connectivity index (χ0v) is 10.3. The van der Waals surface area contributed by atoms with E-state index in [1.807, 2.05) is 0 Å². The number of carbonyl (C=O) groups is 2. The van der Waals surface area contributed by atoms with Crippen molar-refractivity contribution in [2.24, 2.45) is 11.8 Å². The molecule has 0 spiro atoms. The second-order valence-electron chi connectivity index (χ2n) is 4.93. The highest BCUT2D eigenvalue weighted by Gasteiger charge is 2.26. The van der Waals surface area contributed by atoms with Crippen LogP contribution in [0.25, 0.3) is 0 Å². The Balaban J connectivity index is 2.40. The lowest BCUT2D eigenvalue weighted by Gasteiger charge is -2.31. The topological polar surface area (TPSA) is 82.0 Å². The fourth-order valence-electron chi connectivity index (χ4n) is 2.52. The second-order valence-corrected chi connectivity index (χ2v) is 4.93. The van der Waals surface area contributed by atoms with Crippen molar-refractivity contribution < 1.29 is 9.59 Å². The number of nitrogens with one attached hydrogen (secondary N) is 2. The van der Waals surface area contributed by atoms with E-state index in [4.69, 9.17) is 5.26 Å². The van der Waals surface area contributed by atoms with Gasteiger partial charge in [0.2, 0.25) is 0 Å². The van der Waals surface area contributed by atoms with E-state index < -0.39 is 11.8 Å². The summed E-state index contributed by atoms with van der Waals surface area (Å²) >= 11 is 0. The van der Waals surface area contributed by atoms with Crippen LogP contribution in [0, 0.1) is 23.2 Å². The van der Waals surface area contributed by atoms with Crippen LogP contribution in [0.4, 0.5) is 0 Å². The van der Waals surface area contributed by atoms with Gasteiger partial charge < -0.3 is 10.6 Å². The third-order valence-corrected chi connectivity index (χ3v) is 3.05. The Morgan fingerprint density at radius 1 is 1.18 bits per heavy atom. The van der Waals surface area contributed by atoms with Gasteiger partial charge in [-0.3, -0.25) is 9.59 Å². The van der Waals surface area contributed by atoms with Gasteiger partial charge in [0.25, 0.3) is 0 Å². The van der Waals surface area contributed by atoms with E-state index in [-0.39, 0.29) is 12.6 Å². The number of rotatable bonds is 2. The van der Waals surface area contributed by atoms with Crippen LogP contribution < -0.4 is 10.6 Å². The molecule has 5 nitrogen and oxygen atoms in total. The SMILES string of the molecule is CC1CC(C)CC(NC(=O)C(=O)NCC#N)C1. The molecule has 1 rings (SSSR count). The molecule has 0 aromatic carbocycles. The highest BCUT2D eigenvalue weighted by atomic mass is 16.2. The Labute approximate surface area is 102 Å². The molecule has 0 aromatic heterocycles. The van der Waals surface area contributed by atoms with Crippen LogP contribution in [-0.2, 0) is 9.59 Å². The summed E-state index contributed by atoms with van der Waals surface area (Å²) in [6.07, 6.45) is 3.01. The first-order valence-corrected chi connectivity index (χ1v) is 5.98. The van der Waals surface area contributed by atoms with Crippen LogP contribution in [-0.4, -0.2) is 24.4 Å². The van der Waals surface area contributed by atoms with Crippen LogP contribution in [0.15, 0.2) is 0 Å². The largest absolute Gasteiger partial charge is 0.345 e. The van der Waals surface area contributed by atoms with E-state index in [0.717, 1.165) is 12.8 Å². The maximum atomic E-state index is 11.5. The van der Waals surface area contributed by atoms with E-state index in [0.29, 0.717) is 11.8 Å². The first-order chi connectivity index (χ1) is 8.02. The lowest BCUT2D eigenvalue weighted by atomic mass is 9.80. The maximum Gasteiger partial charge on any atom is 0.310 e. The van der Waals surface area contributed by atoms with Crippen molar-refractivity contribution in [1.29, 1.82) is 5.26 Å². The van der Waals surface area contributed by atoms with E-state index in [9.17, 15) is 9.59 Å². The zero-order chi connectivity index (χ0) is 12.8. The van der Waals surface area contributed by atoms with Crippen LogP contribution in [0.2, 0.25) is 0 Å². The first kappa shape index (κ1) is 13.5. The van der Waals surface area contributed by atoms with Crippen molar-refractivity contribution in [2.45, 2.75) is 39.2 Å². The quantitative estimate of drug-likeness (QED) is 0.544. The van der Waals surface area contributed by atoms with Crippen molar-refractivity contribution in [2.75, 3.05) is 6.54 Å². The van der Waals surface area contributed by atoms with E-state index in [1.165, 1.54) is 6.42 Å². The molecule has 2 amide bonds. The predicted octanol–water partition coefficient (Wildman–Crippen LogP) is 0.567. The van der Waals surface area contributed by atoms with Gasteiger partial charge in [0, 0.05) is 6.04 Å². The van der Waals surface area contributed by atoms with Crippen molar-refractivity contribution >= 4 is 11.8 Å². The minimum absolute atomic E-state index is 0.0779. The molecule has 0 radical (unpaired) electrons. The van der Waals surface area contributed by atoms with Crippen LogP contribution >= 0.6 is 0 Å². The smallest absolute Gasteiger partial charge is 0.310 e. The highest BCUT2D eigenvalue weighted by molar-refractivity contribution is 6.35. The molecular weight excluding hydrogens is 218 g/mol. The summed E-state index contributed by atoms with van der Waals surface area (Å²) in [6.45, 7) is 4.18. The van der Waals surface area contributed by atoms with Crippen LogP contribution in [0.5, 0.6) is 0 Å². The molecule has 2 N–H and O–H groups in total. The lowest BCUT2D eigenvalue weighted by Crippen LogP contribution is -2.46. The molecule has 1 saturated carbocycles. The summed E-state index contributed by atoms with van der Waals surface area (Å²) in [5, 5.41) is 13.3. The van der Waals surface area contributed by atoms with Crippen molar-refractivity contribution in [3.05, 3.63) is 0 Å². The summed E-state index contributed by atoms with van der Waals surface area (Å²) in [5.74, 6) is -0.207. The molecule has 1 aliphatic rings. The first-order valence-electron chi connectivity index (χ1n) is 5.98. The Kier molecular flexibility index (Phi) is 4.95. The monoisotopic (exact) mass is 237 g/mol. The fraction of sp³-hybridized carbons (Fsp3) is 0.750. The lowest BCUT2D eigenvalue weighted by molar-refractivity contribution is -0.139. The minimum atomic E-state index is -0.725. The van der Waals surface area contributed by atoms with Gasteiger partial charge in [-0.2, -0.15) is 5.26 Å². The number of nitriles is 1. The minimum Gasteiger partial charge on any atom is -0.345 e. The van der Waals surface area contributed by atoms with E-state index >= 15 is 0 Å². The van der Waals surface area contributed by atoms with E-state index in [1.54, 1.807) is 6.07 Å². The molecule has 0 saturated heterocycles. The van der Waals surface area contributed by atoms with Gasteiger partial charge in [-0.25, -0.2) is 0 Å². The van der Waals surface area contributed by atoms with Crippen LogP contribution in [0.1, 0.15) is 33.1 Å². The Morgan fingerprint density at radius 3 is 2.29 bits per heavy atom. The Morgan fingerprint density at radius 2 is 1.76 bits per heavy atom. The third-order valence-electron chi connectivity index (χ3n) is 3.05. The van der Waals surface area contributed by atoms with Gasteiger partial charge in [-0.1, -0.05) is 13.8 Å². The molecule has 1 aliphatic carbocycles. The van der Waals surface area contributed by atoms with Crippen molar-refractivity contribution in [3.8, 4) is 6.07 Å². The molecule has 2 unspecified atom stereocenters. The predicted molar refractivity (Wildman–Crippen MR) is 62.7 cm³/mol. The summed E-state index contributed by atoms with van der Waals surface area (Å²) in [4.78, 5) is 22.8. The average molecular weight is 237 g/mol. The normalized spacial score (nSPS) is 27.9. The molecule has 5 heteroatoms. The van der Waals surface area contributed by atoms with Gasteiger partial charge in [0.1, 0.15) is 6.54 Å².